The summed E-state index contributed by atoms with van der Waals surface area (Å²) in [5.74, 6) is -0.382. The number of esters is 1. The number of rotatable bonds is 3. The number of carbonyl (C=O) groups is 1. The van der Waals surface area contributed by atoms with Crippen molar-refractivity contribution in [3.05, 3.63) is 0 Å². The molecule has 2 aliphatic rings. The molecule has 0 amide bonds. The SMILES string of the molecule is CCOC(=O)C1=NOC2(CCN(B(C)O)CC2)C1. The van der Waals surface area contributed by atoms with Gasteiger partial charge in [0.15, 0.2) is 5.71 Å². The van der Waals surface area contributed by atoms with E-state index >= 15 is 0 Å². The van der Waals surface area contributed by atoms with Gasteiger partial charge in [-0.3, -0.25) is 0 Å². The first-order valence-corrected chi connectivity index (χ1v) is 6.40. The van der Waals surface area contributed by atoms with Crippen LogP contribution in [0.15, 0.2) is 5.16 Å². The highest BCUT2D eigenvalue weighted by Gasteiger charge is 2.44. The van der Waals surface area contributed by atoms with Crippen LogP contribution >= 0.6 is 0 Å². The van der Waals surface area contributed by atoms with Crippen molar-refractivity contribution in [2.75, 3.05) is 19.7 Å². The standard InChI is InChI=1S/C11H19BN2O4/c1-3-17-10(15)9-8-11(18-13-9)4-6-14(7-5-11)12(2)16/h16H,3-8H2,1-2H3. The van der Waals surface area contributed by atoms with E-state index in [0.717, 1.165) is 25.9 Å². The van der Waals surface area contributed by atoms with Crippen molar-refractivity contribution >= 4 is 18.7 Å². The first-order valence-electron chi connectivity index (χ1n) is 6.40. The summed E-state index contributed by atoms with van der Waals surface area (Å²) in [6, 6.07) is 0. The Balaban J connectivity index is 1.89. The number of hydrogen-bond acceptors (Lipinski definition) is 6. The second kappa shape index (κ2) is 5.28. The number of hydrogen-bond donors (Lipinski definition) is 1. The maximum Gasteiger partial charge on any atom is 0.376 e. The van der Waals surface area contributed by atoms with Crippen LogP contribution in [0, 0.1) is 0 Å². The average Bonchev–Trinajstić information content (AvgIpc) is 2.74. The molecule has 0 aromatic carbocycles. The molecule has 0 atom stereocenters. The molecule has 7 heteroatoms. The molecule has 1 N–H and O–H groups in total. The fourth-order valence-corrected chi connectivity index (χ4v) is 2.42. The van der Waals surface area contributed by atoms with Gasteiger partial charge in [0.1, 0.15) is 5.60 Å². The van der Waals surface area contributed by atoms with Gasteiger partial charge >= 0.3 is 13.0 Å². The maximum absolute atomic E-state index is 11.6. The lowest BCUT2D eigenvalue weighted by atomic mass is 9.78. The Labute approximate surface area is 107 Å². The highest BCUT2D eigenvalue weighted by atomic mass is 16.7. The summed E-state index contributed by atoms with van der Waals surface area (Å²) in [6.45, 7) is 5.38. The third-order valence-corrected chi connectivity index (χ3v) is 3.59. The molecule has 0 radical (unpaired) electrons. The molecule has 100 valence electrons. The topological polar surface area (TPSA) is 71.4 Å². The quantitative estimate of drug-likeness (QED) is 0.578. The summed E-state index contributed by atoms with van der Waals surface area (Å²) in [6.07, 6.45) is 2.05. The van der Waals surface area contributed by atoms with Gasteiger partial charge in [0.05, 0.1) is 6.61 Å². The van der Waals surface area contributed by atoms with E-state index < -0.39 is 7.05 Å². The van der Waals surface area contributed by atoms with Crippen molar-refractivity contribution in [3.8, 4) is 0 Å². The number of ether oxygens (including phenoxy) is 1. The van der Waals surface area contributed by atoms with Gasteiger partial charge < -0.3 is 19.4 Å². The second-order valence-electron chi connectivity index (χ2n) is 4.88. The number of piperidine rings is 1. The van der Waals surface area contributed by atoms with Crippen LogP contribution in [0.5, 0.6) is 0 Å². The molecular formula is C11H19BN2O4. The van der Waals surface area contributed by atoms with Gasteiger partial charge in [0.2, 0.25) is 0 Å². The normalized spacial score (nSPS) is 22.5. The fourth-order valence-electron chi connectivity index (χ4n) is 2.42. The van der Waals surface area contributed by atoms with Gasteiger partial charge in [-0.1, -0.05) is 5.16 Å². The zero-order valence-electron chi connectivity index (χ0n) is 10.9. The molecule has 0 aromatic heterocycles. The van der Waals surface area contributed by atoms with Crippen molar-refractivity contribution in [3.63, 3.8) is 0 Å². The Hall–Kier alpha value is -1.08. The minimum absolute atomic E-state index is 0.348. The number of carbonyl (C=O) groups excluding carboxylic acids is 1. The van der Waals surface area contributed by atoms with Crippen LogP contribution in [0.2, 0.25) is 6.82 Å². The van der Waals surface area contributed by atoms with Crippen molar-refractivity contribution in [2.45, 2.75) is 38.6 Å². The third-order valence-electron chi connectivity index (χ3n) is 3.59. The molecule has 18 heavy (non-hydrogen) atoms. The van der Waals surface area contributed by atoms with Crippen LogP contribution in [0.1, 0.15) is 26.2 Å². The summed E-state index contributed by atoms with van der Waals surface area (Å²) >= 11 is 0. The fraction of sp³-hybridized carbons (Fsp3) is 0.818. The van der Waals surface area contributed by atoms with Gasteiger partial charge in [0.25, 0.3) is 0 Å². The Morgan fingerprint density at radius 2 is 2.28 bits per heavy atom. The van der Waals surface area contributed by atoms with E-state index in [1.807, 2.05) is 4.81 Å². The molecule has 0 unspecified atom stereocenters. The molecule has 0 saturated carbocycles. The lowest BCUT2D eigenvalue weighted by Crippen LogP contribution is -2.49. The molecule has 6 nitrogen and oxygen atoms in total. The molecule has 2 heterocycles. The minimum atomic E-state index is -0.436. The van der Waals surface area contributed by atoms with Gasteiger partial charge in [-0.15, -0.1) is 0 Å². The predicted octanol–water partition coefficient (Wildman–Crippen LogP) is 0.271. The van der Waals surface area contributed by atoms with Gasteiger partial charge in [-0.25, -0.2) is 4.79 Å². The van der Waals surface area contributed by atoms with Gasteiger partial charge in [-0.05, 0) is 26.8 Å². The van der Waals surface area contributed by atoms with E-state index in [-0.39, 0.29) is 11.6 Å². The smallest absolute Gasteiger partial charge is 0.376 e. The number of nitrogens with zero attached hydrogens (tertiary/aromatic N) is 2. The Morgan fingerprint density at radius 3 is 2.83 bits per heavy atom. The monoisotopic (exact) mass is 254 g/mol. The summed E-state index contributed by atoms with van der Waals surface area (Å²) in [5, 5.41) is 13.4. The van der Waals surface area contributed by atoms with Crippen molar-refractivity contribution < 1.29 is 19.4 Å². The van der Waals surface area contributed by atoms with Crippen LogP contribution < -0.4 is 0 Å². The average molecular weight is 254 g/mol. The van der Waals surface area contributed by atoms with Crippen LogP contribution in [-0.2, 0) is 14.4 Å². The molecule has 0 aromatic rings. The summed E-state index contributed by atoms with van der Waals surface area (Å²) in [5.41, 5.74) is 0.00960. The predicted molar refractivity (Wildman–Crippen MR) is 67.1 cm³/mol. The minimum Gasteiger partial charge on any atom is -0.461 e. The molecule has 1 fully saturated rings. The maximum atomic E-state index is 11.6. The molecule has 0 aliphatic carbocycles. The van der Waals surface area contributed by atoms with Crippen LogP contribution in [0.25, 0.3) is 0 Å². The lowest BCUT2D eigenvalue weighted by molar-refractivity contribution is -0.135. The lowest BCUT2D eigenvalue weighted by Gasteiger charge is -2.37. The Kier molecular flexibility index (Phi) is 3.92. The van der Waals surface area contributed by atoms with Gasteiger partial charge in [0, 0.05) is 19.3 Å². The molecule has 0 bridgehead atoms. The summed E-state index contributed by atoms with van der Waals surface area (Å²) in [4.78, 5) is 19.0. The van der Waals surface area contributed by atoms with E-state index in [4.69, 9.17) is 9.57 Å². The first kappa shape index (κ1) is 13.4. The number of oxime groups is 1. The zero-order valence-corrected chi connectivity index (χ0v) is 10.9. The molecular weight excluding hydrogens is 235 g/mol. The van der Waals surface area contributed by atoms with Crippen molar-refractivity contribution in [1.29, 1.82) is 0 Å². The van der Waals surface area contributed by atoms with Crippen LogP contribution in [-0.4, -0.2) is 53.9 Å². The highest BCUT2D eigenvalue weighted by Crippen LogP contribution is 2.34. The van der Waals surface area contributed by atoms with E-state index in [1.54, 1.807) is 13.7 Å². The first-order chi connectivity index (χ1) is 8.56. The zero-order chi connectivity index (χ0) is 13.2. The van der Waals surface area contributed by atoms with E-state index in [1.165, 1.54) is 0 Å². The van der Waals surface area contributed by atoms with E-state index in [0.29, 0.717) is 18.7 Å². The second-order valence-corrected chi connectivity index (χ2v) is 4.88. The summed E-state index contributed by atoms with van der Waals surface area (Å²) in [7, 11) is -0.436. The van der Waals surface area contributed by atoms with Crippen molar-refractivity contribution in [2.24, 2.45) is 5.16 Å². The summed E-state index contributed by atoms with van der Waals surface area (Å²) < 4.78 is 4.92. The van der Waals surface area contributed by atoms with Crippen LogP contribution in [0.3, 0.4) is 0 Å². The molecule has 1 saturated heterocycles. The van der Waals surface area contributed by atoms with E-state index in [2.05, 4.69) is 5.16 Å². The molecule has 2 rings (SSSR count). The third kappa shape index (κ3) is 2.67. The Bertz CT molecular complexity index is 351. The molecule has 1 spiro atoms. The highest BCUT2D eigenvalue weighted by molar-refractivity contribution is 6.45. The largest absolute Gasteiger partial charge is 0.461 e. The van der Waals surface area contributed by atoms with E-state index in [9.17, 15) is 9.82 Å². The Morgan fingerprint density at radius 1 is 1.61 bits per heavy atom. The molecule has 2 aliphatic heterocycles. The van der Waals surface area contributed by atoms with Gasteiger partial charge in [-0.2, -0.15) is 0 Å². The van der Waals surface area contributed by atoms with Crippen LogP contribution in [0.4, 0.5) is 0 Å². The van der Waals surface area contributed by atoms with Crippen molar-refractivity contribution in [1.82, 2.24) is 4.81 Å².